The number of carbonyl (C=O) groups excluding carboxylic acids is 1. The number of piperidine rings is 1. The van der Waals surface area contributed by atoms with Crippen LogP contribution in [0.15, 0.2) is 53.4 Å². The molecule has 2 atom stereocenters. The molecule has 0 radical (unpaired) electrons. The number of rotatable bonds is 6. The van der Waals surface area contributed by atoms with Crippen molar-refractivity contribution in [1.29, 1.82) is 0 Å². The molecule has 0 aromatic heterocycles. The maximum Gasteiger partial charge on any atom is 0.243 e. The number of nitrogens with zero attached hydrogens (tertiary/aromatic N) is 1. The Kier molecular flexibility index (Phi) is 6.54. The van der Waals surface area contributed by atoms with Crippen LogP contribution in [0, 0.1) is 11.7 Å². The number of ether oxygens (including phenoxy) is 1. The van der Waals surface area contributed by atoms with Crippen molar-refractivity contribution in [2.75, 3.05) is 20.2 Å². The summed E-state index contributed by atoms with van der Waals surface area (Å²) in [7, 11) is -2.19. The Balaban J connectivity index is 1.70. The maximum atomic E-state index is 13.1. The van der Waals surface area contributed by atoms with Gasteiger partial charge in [0.1, 0.15) is 11.6 Å². The van der Waals surface area contributed by atoms with Crippen LogP contribution in [0.4, 0.5) is 4.39 Å². The Morgan fingerprint density at radius 3 is 2.59 bits per heavy atom. The highest BCUT2D eigenvalue weighted by molar-refractivity contribution is 7.89. The average Bonchev–Trinajstić information content (AvgIpc) is 2.74. The van der Waals surface area contributed by atoms with E-state index in [1.54, 1.807) is 7.11 Å². The highest BCUT2D eigenvalue weighted by Gasteiger charge is 2.33. The zero-order valence-electron chi connectivity index (χ0n) is 16.5. The van der Waals surface area contributed by atoms with Crippen molar-refractivity contribution in [2.45, 2.75) is 30.7 Å². The molecule has 2 aromatic rings. The molecule has 1 N–H and O–H groups in total. The second-order valence-corrected chi connectivity index (χ2v) is 9.07. The number of benzene rings is 2. The van der Waals surface area contributed by atoms with Gasteiger partial charge in [0, 0.05) is 18.7 Å². The van der Waals surface area contributed by atoms with E-state index < -0.39 is 21.8 Å². The number of carbonyl (C=O) groups is 1. The van der Waals surface area contributed by atoms with E-state index in [0.717, 1.165) is 17.7 Å². The van der Waals surface area contributed by atoms with E-state index in [2.05, 4.69) is 5.32 Å². The highest BCUT2D eigenvalue weighted by atomic mass is 32.2. The number of hydrogen-bond donors (Lipinski definition) is 1. The lowest BCUT2D eigenvalue weighted by Crippen LogP contribution is -2.45. The van der Waals surface area contributed by atoms with Gasteiger partial charge < -0.3 is 10.1 Å². The largest absolute Gasteiger partial charge is 0.496 e. The number of nitrogens with one attached hydrogen (secondary N) is 1. The molecule has 1 saturated heterocycles. The van der Waals surface area contributed by atoms with E-state index in [4.69, 9.17) is 4.74 Å². The minimum Gasteiger partial charge on any atom is -0.496 e. The van der Waals surface area contributed by atoms with Gasteiger partial charge in [0.05, 0.1) is 24.0 Å². The molecule has 1 amide bonds. The molecule has 156 valence electrons. The van der Waals surface area contributed by atoms with Crippen LogP contribution in [0.3, 0.4) is 0 Å². The van der Waals surface area contributed by atoms with Crippen LogP contribution in [-0.4, -0.2) is 38.8 Å². The fourth-order valence-electron chi connectivity index (χ4n) is 3.56. The van der Waals surface area contributed by atoms with Crippen molar-refractivity contribution >= 4 is 15.9 Å². The van der Waals surface area contributed by atoms with E-state index in [0.29, 0.717) is 25.1 Å². The van der Waals surface area contributed by atoms with E-state index in [-0.39, 0.29) is 23.4 Å². The number of hydrogen-bond acceptors (Lipinski definition) is 4. The predicted octanol–water partition coefficient (Wildman–Crippen LogP) is 3.11. The minimum absolute atomic E-state index is 0.0300. The van der Waals surface area contributed by atoms with Gasteiger partial charge >= 0.3 is 0 Å². The summed E-state index contributed by atoms with van der Waals surface area (Å²) in [4.78, 5) is 12.8. The second kappa shape index (κ2) is 8.92. The summed E-state index contributed by atoms with van der Waals surface area (Å²) in [5.74, 6) is -0.451. The highest BCUT2D eigenvalue weighted by Crippen LogP contribution is 2.27. The number of sulfonamides is 1. The van der Waals surface area contributed by atoms with Crippen LogP contribution in [0.25, 0.3) is 0 Å². The zero-order valence-corrected chi connectivity index (χ0v) is 17.3. The monoisotopic (exact) mass is 420 g/mol. The quantitative estimate of drug-likeness (QED) is 0.779. The lowest BCUT2D eigenvalue weighted by Gasteiger charge is -2.32. The summed E-state index contributed by atoms with van der Waals surface area (Å²) in [5.41, 5.74) is 0.856. The average molecular weight is 421 g/mol. The SMILES string of the molecule is COc1ccccc1[C@@H](C)NC(=O)[C@@H]1CCCN(S(=O)(=O)c2ccc(F)cc2)C1. The van der Waals surface area contributed by atoms with E-state index in [1.165, 1.54) is 16.4 Å². The van der Waals surface area contributed by atoms with Gasteiger partial charge in [-0.25, -0.2) is 12.8 Å². The van der Waals surface area contributed by atoms with Crippen LogP contribution in [0.5, 0.6) is 5.75 Å². The Bertz CT molecular complexity index is 963. The van der Waals surface area contributed by atoms with Crippen LogP contribution in [0.1, 0.15) is 31.4 Å². The third-order valence-corrected chi connectivity index (χ3v) is 7.05. The molecule has 1 fully saturated rings. The van der Waals surface area contributed by atoms with Crippen LogP contribution >= 0.6 is 0 Å². The number of methoxy groups -OCH3 is 1. The van der Waals surface area contributed by atoms with Gasteiger partial charge in [-0.2, -0.15) is 4.31 Å². The van der Waals surface area contributed by atoms with Crippen molar-refractivity contribution < 1.29 is 22.3 Å². The predicted molar refractivity (Wildman–Crippen MR) is 107 cm³/mol. The first kappa shape index (κ1) is 21.3. The third-order valence-electron chi connectivity index (χ3n) is 5.17. The number of amides is 1. The third kappa shape index (κ3) is 4.76. The first-order valence-electron chi connectivity index (χ1n) is 9.52. The molecular formula is C21H25FN2O4S. The molecule has 1 aliphatic rings. The molecule has 0 unspecified atom stereocenters. The van der Waals surface area contributed by atoms with E-state index in [9.17, 15) is 17.6 Å². The fourth-order valence-corrected chi connectivity index (χ4v) is 5.09. The molecule has 2 aromatic carbocycles. The Labute approximate surface area is 170 Å². The Morgan fingerprint density at radius 2 is 1.90 bits per heavy atom. The van der Waals surface area contributed by atoms with Crippen molar-refractivity contribution in [2.24, 2.45) is 5.92 Å². The first-order chi connectivity index (χ1) is 13.8. The molecule has 0 bridgehead atoms. The Morgan fingerprint density at radius 1 is 1.21 bits per heavy atom. The number of para-hydroxylation sites is 1. The molecule has 0 saturated carbocycles. The normalized spacial score (nSPS) is 18.8. The summed E-state index contributed by atoms with van der Waals surface area (Å²) in [6, 6.07) is 11.9. The van der Waals surface area contributed by atoms with E-state index in [1.807, 2.05) is 31.2 Å². The van der Waals surface area contributed by atoms with Crippen LogP contribution in [-0.2, 0) is 14.8 Å². The molecule has 1 aliphatic heterocycles. The maximum absolute atomic E-state index is 13.1. The summed E-state index contributed by atoms with van der Waals surface area (Å²) in [5, 5.41) is 2.97. The lowest BCUT2D eigenvalue weighted by molar-refractivity contribution is -0.126. The van der Waals surface area contributed by atoms with Crippen molar-refractivity contribution in [3.8, 4) is 5.75 Å². The van der Waals surface area contributed by atoms with Crippen molar-refractivity contribution in [1.82, 2.24) is 9.62 Å². The molecule has 8 heteroatoms. The lowest BCUT2D eigenvalue weighted by atomic mass is 9.97. The van der Waals surface area contributed by atoms with Gasteiger partial charge in [-0.1, -0.05) is 18.2 Å². The van der Waals surface area contributed by atoms with Gasteiger partial charge in [-0.05, 0) is 50.1 Å². The van der Waals surface area contributed by atoms with Gasteiger partial charge in [0.2, 0.25) is 15.9 Å². The standard InChI is InChI=1S/C21H25FN2O4S/c1-15(19-7-3-4-8-20(19)28-2)23-21(25)16-6-5-13-24(14-16)29(26,27)18-11-9-17(22)10-12-18/h3-4,7-12,15-16H,5-6,13-14H2,1-2H3,(H,23,25)/t15-,16-/m1/s1. The zero-order chi connectivity index (χ0) is 21.0. The molecule has 1 heterocycles. The van der Waals surface area contributed by atoms with Crippen molar-refractivity contribution in [3.63, 3.8) is 0 Å². The smallest absolute Gasteiger partial charge is 0.243 e. The fraction of sp³-hybridized carbons (Fsp3) is 0.381. The molecule has 6 nitrogen and oxygen atoms in total. The second-order valence-electron chi connectivity index (χ2n) is 7.13. The molecule has 0 spiro atoms. The molecule has 3 rings (SSSR count). The topological polar surface area (TPSA) is 75.7 Å². The van der Waals surface area contributed by atoms with Crippen LogP contribution < -0.4 is 10.1 Å². The molecular weight excluding hydrogens is 395 g/mol. The summed E-state index contributed by atoms with van der Waals surface area (Å²) < 4.78 is 45.5. The Hall–Kier alpha value is -2.45. The molecule has 0 aliphatic carbocycles. The summed E-state index contributed by atoms with van der Waals surface area (Å²) in [6.45, 7) is 2.31. The minimum atomic E-state index is -3.77. The summed E-state index contributed by atoms with van der Waals surface area (Å²) >= 11 is 0. The van der Waals surface area contributed by atoms with Gasteiger partial charge in [-0.15, -0.1) is 0 Å². The van der Waals surface area contributed by atoms with Gasteiger partial charge in [0.15, 0.2) is 0 Å². The van der Waals surface area contributed by atoms with Crippen molar-refractivity contribution in [3.05, 3.63) is 59.9 Å². The molecule has 29 heavy (non-hydrogen) atoms. The number of halogens is 1. The van der Waals surface area contributed by atoms with E-state index >= 15 is 0 Å². The summed E-state index contributed by atoms with van der Waals surface area (Å²) in [6.07, 6.45) is 1.20. The van der Waals surface area contributed by atoms with Gasteiger partial charge in [-0.3, -0.25) is 4.79 Å². The van der Waals surface area contributed by atoms with Crippen LogP contribution in [0.2, 0.25) is 0 Å². The first-order valence-corrected chi connectivity index (χ1v) is 11.0. The van der Waals surface area contributed by atoms with Gasteiger partial charge in [0.25, 0.3) is 0 Å².